The third kappa shape index (κ3) is 44.2. The highest BCUT2D eigenvalue weighted by Crippen LogP contribution is 2.16. The monoisotopic (exact) mass is 828 g/mol. The van der Waals surface area contributed by atoms with Gasteiger partial charge in [0.15, 0.2) is 0 Å². The first-order chi connectivity index (χ1) is 29.1. The molecule has 0 aliphatic rings. The zero-order valence-electron chi connectivity index (χ0n) is 39.4. The quantitative estimate of drug-likeness (QED) is 0.0363. The van der Waals surface area contributed by atoms with Gasteiger partial charge in [-0.2, -0.15) is 0 Å². The van der Waals surface area contributed by atoms with E-state index >= 15 is 0 Å². The van der Waals surface area contributed by atoms with Gasteiger partial charge in [0.1, 0.15) is 6.10 Å². The topological polar surface area (TPSA) is 89.8 Å². The van der Waals surface area contributed by atoms with Crippen LogP contribution in [0.4, 0.5) is 0 Å². The van der Waals surface area contributed by atoms with Gasteiger partial charge in [0, 0.05) is 0 Å². The van der Waals surface area contributed by atoms with Crippen LogP contribution >= 0.6 is 0 Å². The summed E-state index contributed by atoms with van der Waals surface area (Å²) in [6, 6.07) is -0.813. The standard InChI is InChI=1S/C54H101NO4/c1-3-5-7-9-11-13-15-16-17-18-19-20-21-22-23-24-25-26-27-28-29-30-31-32-33-34-35-36-37-39-41-43-45-47-49-53(58)54(59)55-51(50-56)52(57)48-46-44-42-40-38-14-12-10-8-6-4-2/h21-22,24-25,38,40,46,48,51-53,56-58H,3-20,23,26-37,39,41-45,47,49-50H2,1-2H3,(H,55,59)/b22-21-,25-24-,40-38+,48-46+. The molecule has 0 saturated carbocycles. The van der Waals surface area contributed by atoms with E-state index in [2.05, 4.69) is 55.6 Å². The lowest BCUT2D eigenvalue weighted by molar-refractivity contribution is -0.131. The lowest BCUT2D eigenvalue weighted by Crippen LogP contribution is -2.48. The summed E-state index contributed by atoms with van der Waals surface area (Å²) in [6.07, 6.45) is 64.8. The Kier molecular flexibility index (Phi) is 47.6. The van der Waals surface area contributed by atoms with Crippen molar-refractivity contribution in [2.75, 3.05) is 6.61 Å². The Morgan fingerprint density at radius 2 is 0.746 bits per heavy atom. The van der Waals surface area contributed by atoms with Crippen LogP contribution in [0.2, 0.25) is 0 Å². The van der Waals surface area contributed by atoms with Crippen molar-refractivity contribution < 1.29 is 20.1 Å². The van der Waals surface area contributed by atoms with E-state index in [0.717, 1.165) is 44.9 Å². The van der Waals surface area contributed by atoms with Crippen molar-refractivity contribution in [1.82, 2.24) is 5.32 Å². The minimum atomic E-state index is -1.11. The second kappa shape index (κ2) is 49.0. The molecule has 0 radical (unpaired) electrons. The molecule has 0 aromatic heterocycles. The van der Waals surface area contributed by atoms with E-state index in [1.165, 1.54) is 199 Å². The maximum absolute atomic E-state index is 12.5. The summed E-state index contributed by atoms with van der Waals surface area (Å²) in [6.45, 7) is 4.15. The Balaban J connectivity index is 3.52. The molecule has 3 atom stereocenters. The fourth-order valence-electron chi connectivity index (χ4n) is 7.82. The van der Waals surface area contributed by atoms with E-state index in [1.54, 1.807) is 6.08 Å². The van der Waals surface area contributed by atoms with Crippen LogP contribution in [0, 0.1) is 0 Å². The molecule has 346 valence electrons. The van der Waals surface area contributed by atoms with E-state index in [4.69, 9.17) is 0 Å². The predicted molar refractivity (Wildman–Crippen MR) is 259 cm³/mol. The van der Waals surface area contributed by atoms with Crippen molar-refractivity contribution in [3.63, 3.8) is 0 Å². The predicted octanol–water partition coefficient (Wildman–Crippen LogP) is 15.7. The van der Waals surface area contributed by atoms with Gasteiger partial charge in [0.05, 0.1) is 18.8 Å². The fourth-order valence-corrected chi connectivity index (χ4v) is 7.82. The molecule has 59 heavy (non-hydrogen) atoms. The van der Waals surface area contributed by atoms with E-state index in [0.29, 0.717) is 6.42 Å². The SMILES string of the molecule is CCCCCCC/C=C/CC/C=C/C(O)C(CO)NC(=O)C(O)CCCCCCCCCCCCCCCCCC/C=C\C/C=C\CCCCCCCCCCCCC. The van der Waals surface area contributed by atoms with Crippen molar-refractivity contribution in [2.24, 2.45) is 0 Å². The highest BCUT2D eigenvalue weighted by molar-refractivity contribution is 5.80. The van der Waals surface area contributed by atoms with Crippen LogP contribution in [0.1, 0.15) is 264 Å². The van der Waals surface area contributed by atoms with Crippen LogP contribution in [-0.4, -0.2) is 46.1 Å². The van der Waals surface area contributed by atoms with Crippen LogP contribution in [0.25, 0.3) is 0 Å². The molecule has 0 bridgehead atoms. The van der Waals surface area contributed by atoms with Crippen LogP contribution in [0.15, 0.2) is 48.6 Å². The minimum Gasteiger partial charge on any atom is -0.394 e. The summed E-state index contributed by atoms with van der Waals surface area (Å²) in [5.41, 5.74) is 0. The second-order valence-corrected chi connectivity index (χ2v) is 17.7. The molecule has 1 amide bonds. The summed E-state index contributed by atoms with van der Waals surface area (Å²) in [5, 5.41) is 33.1. The highest BCUT2D eigenvalue weighted by Gasteiger charge is 2.22. The molecule has 0 aromatic carbocycles. The van der Waals surface area contributed by atoms with Crippen molar-refractivity contribution >= 4 is 5.91 Å². The first-order valence-corrected chi connectivity index (χ1v) is 26.0. The third-order valence-electron chi connectivity index (χ3n) is 11.9. The van der Waals surface area contributed by atoms with E-state index in [-0.39, 0.29) is 6.61 Å². The van der Waals surface area contributed by atoms with Crippen molar-refractivity contribution in [3.8, 4) is 0 Å². The smallest absolute Gasteiger partial charge is 0.249 e. The zero-order chi connectivity index (χ0) is 43.0. The summed E-state index contributed by atoms with van der Waals surface area (Å²) in [4.78, 5) is 12.5. The van der Waals surface area contributed by atoms with Gasteiger partial charge in [-0.05, 0) is 64.2 Å². The molecule has 0 aromatic rings. The Hall–Kier alpha value is -1.69. The lowest BCUT2D eigenvalue weighted by atomic mass is 10.0. The summed E-state index contributed by atoms with van der Waals surface area (Å²) >= 11 is 0. The molecule has 5 heteroatoms. The van der Waals surface area contributed by atoms with E-state index < -0.39 is 24.2 Å². The maximum atomic E-state index is 12.5. The first kappa shape index (κ1) is 57.3. The molecule has 4 N–H and O–H groups in total. The normalized spacial score (nSPS) is 13.8. The highest BCUT2D eigenvalue weighted by atomic mass is 16.3. The van der Waals surface area contributed by atoms with Gasteiger partial charge in [-0.25, -0.2) is 0 Å². The number of aliphatic hydroxyl groups excluding tert-OH is 3. The van der Waals surface area contributed by atoms with E-state index in [1.807, 2.05) is 6.08 Å². The Morgan fingerprint density at radius 1 is 0.424 bits per heavy atom. The number of nitrogens with one attached hydrogen (secondary N) is 1. The molecular formula is C54H101NO4. The van der Waals surface area contributed by atoms with Gasteiger partial charge < -0.3 is 20.6 Å². The molecule has 0 rings (SSSR count). The number of hydrogen-bond donors (Lipinski definition) is 4. The second-order valence-electron chi connectivity index (χ2n) is 17.7. The van der Waals surface area contributed by atoms with Crippen LogP contribution < -0.4 is 5.32 Å². The number of amides is 1. The largest absolute Gasteiger partial charge is 0.394 e. The van der Waals surface area contributed by atoms with Gasteiger partial charge in [-0.1, -0.05) is 249 Å². The van der Waals surface area contributed by atoms with Gasteiger partial charge in [-0.15, -0.1) is 0 Å². The number of allylic oxidation sites excluding steroid dienone is 7. The van der Waals surface area contributed by atoms with Crippen LogP contribution in [0.5, 0.6) is 0 Å². The summed E-state index contributed by atoms with van der Waals surface area (Å²) in [7, 11) is 0. The Morgan fingerprint density at radius 3 is 1.14 bits per heavy atom. The molecule has 0 spiro atoms. The molecule has 0 aliphatic carbocycles. The first-order valence-electron chi connectivity index (χ1n) is 26.0. The van der Waals surface area contributed by atoms with Crippen molar-refractivity contribution in [1.29, 1.82) is 0 Å². The average Bonchev–Trinajstić information content (AvgIpc) is 3.24. The van der Waals surface area contributed by atoms with Gasteiger partial charge in [0.25, 0.3) is 0 Å². The Labute approximate surface area is 367 Å². The fraction of sp³-hybridized carbons (Fsp3) is 0.833. The van der Waals surface area contributed by atoms with Crippen molar-refractivity contribution in [3.05, 3.63) is 48.6 Å². The molecule has 0 saturated heterocycles. The molecule has 3 unspecified atom stereocenters. The number of unbranched alkanes of at least 4 members (excludes halogenated alkanes) is 33. The zero-order valence-corrected chi connectivity index (χ0v) is 39.4. The van der Waals surface area contributed by atoms with Gasteiger partial charge >= 0.3 is 0 Å². The molecule has 0 aliphatic heterocycles. The van der Waals surface area contributed by atoms with Gasteiger partial charge in [0.2, 0.25) is 5.91 Å². The van der Waals surface area contributed by atoms with Crippen LogP contribution in [-0.2, 0) is 4.79 Å². The number of carbonyl (C=O) groups is 1. The number of carbonyl (C=O) groups excluding carboxylic acids is 1. The summed E-state index contributed by atoms with van der Waals surface area (Å²) in [5.74, 6) is -0.514. The number of rotatable bonds is 47. The Bertz CT molecular complexity index is 958. The maximum Gasteiger partial charge on any atom is 0.249 e. The molecule has 0 fully saturated rings. The summed E-state index contributed by atoms with van der Waals surface area (Å²) < 4.78 is 0. The van der Waals surface area contributed by atoms with E-state index in [9.17, 15) is 20.1 Å². The average molecular weight is 828 g/mol. The number of hydrogen-bond acceptors (Lipinski definition) is 4. The molecule has 5 nitrogen and oxygen atoms in total. The minimum absolute atomic E-state index is 0.376. The molecule has 0 heterocycles. The van der Waals surface area contributed by atoms with Crippen molar-refractivity contribution in [2.45, 2.75) is 283 Å². The lowest BCUT2D eigenvalue weighted by Gasteiger charge is -2.21. The number of aliphatic hydroxyl groups is 3. The van der Waals surface area contributed by atoms with Gasteiger partial charge in [-0.3, -0.25) is 4.79 Å². The third-order valence-corrected chi connectivity index (χ3v) is 11.9. The molecular weight excluding hydrogens is 727 g/mol. The van der Waals surface area contributed by atoms with Crippen LogP contribution in [0.3, 0.4) is 0 Å².